The van der Waals surface area contributed by atoms with Gasteiger partial charge in [0.1, 0.15) is 12.4 Å². The van der Waals surface area contributed by atoms with E-state index in [1.165, 1.54) is 28.3 Å². The summed E-state index contributed by atoms with van der Waals surface area (Å²) in [5.41, 5.74) is 2.97. The number of carbonyl (C=O) groups excluding carboxylic acids is 2. The van der Waals surface area contributed by atoms with Crippen LogP contribution in [0.2, 0.25) is 5.02 Å². The van der Waals surface area contributed by atoms with Gasteiger partial charge < -0.3 is 10.2 Å². The fourth-order valence-corrected chi connectivity index (χ4v) is 4.61. The van der Waals surface area contributed by atoms with E-state index in [0.717, 1.165) is 18.1 Å². The number of anilines is 1. The number of hydrogen-bond acceptors (Lipinski definition) is 3. The van der Waals surface area contributed by atoms with E-state index in [1.54, 1.807) is 29.2 Å². The third-order valence-corrected chi connectivity index (χ3v) is 6.46. The van der Waals surface area contributed by atoms with Gasteiger partial charge in [-0.25, -0.2) is 4.39 Å². The molecule has 176 valence electrons. The number of amides is 2. The van der Waals surface area contributed by atoms with Crippen LogP contribution in [0, 0.1) is 5.82 Å². The molecule has 5 rings (SSSR count). The lowest BCUT2D eigenvalue weighted by Gasteiger charge is -2.29. The lowest BCUT2D eigenvalue weighted by Crippen LogP contribution is -2.37. The second kappa shape index (κ2) is 9.35. The molecule has 6 nitrogen and oxygen atoms in total. The molecule has 2 amide bonds. The van der Waals surface area contributed by atoms with Gasteiger partial charge in [0.25, 0.3) is 11.5 Å². The van der Waals surface area contributed by atoms with Gasteiger partial charge in [-0.1, -0.05) is 54.1 Å². The van der Waals surface area contributed by atoms with Crippen molar-refractivity contribution in [1.29, 1.82) is 0 Å². The Hall–Kier alpha value is -3.97. The first-order chi connectivity index (χ1) is 16.9. The second-order valence-corrected chi connectivity index (χ2v) is 8.83. The first kappa shape index (κ1) is 22.8. The quantitative estimate of drug-likeness (QED) is 0.454. The highest BCUT2D eigenvalue weighted by Crippen LogP contribution is 2.24. The average Bonchev–Trinajstić information content (AvgIpc) is 2.87. The number of carbonyl (C=O) groups is 2. The predicted octanol–water partition coefficient (Wildman–Crippen LogP) is 4.63. The number of halogens is 2. The molecule has 0 bridgehead atoms. The zero-order chi connectivity index (χ0) is 24.5. The summed E-state index contributed by atoms with van der Waals surface area (Å²) in [7, 11) is 0. The highest BCUT2D eigenvalue weighted by molar-refractivity contribution is 6.31. The number of rotatable bonds is 4. The summed E-state index contributed by atoms with van der Waals surface area (Å²) < 4.78 is 14.7. The van der Waals surface area contributed by atoms with E-state index >= 15 is 0 Å². The van der Waals surface area contributed by atoms with Gasteiger partial charge in [-0.15, -0.1) is 0 Å². The first-order valence-corrected chi connectivity index (χ1v) is 11.5. The smallest absolute Gasteiger partial charge is 0.255 e. The van der Waals surface area contributed by atoms with Crippen LogP contribution in [-0.2, 0) is 24.3 Å². The van der Waals surface area contributed by atoms with Crippen LogP contribution in [0.15, 0.2) is 77.6 Å². The molecule has 1 aromatic heterocycles. The molecule has 0 unspecified atom stereocenters. The van der Waals surface area contributed by atoms with E-state index in [0.29, 0.717) is 35.2 Å². The van der Waals surface area contributed by atoms with E-state index in [1.807, 2.05) is 18.2 Å². The molecule has 0 radical (unpaired) electrons. The van der Waals surface area contributed by atoms with Crippen LogP contribution in [0.1, 0.15) is 21.5 Å². The van der Waals surface area contributed by atoms with Gasteiger partial charge in [0, 0.05) is 30.2 Å². The van der Waals surface area contributed by atoms with Gasteiger partial charge in [0.15, 0.2) is 0 Å². The Morgan fingerprint density at radius 2 is 1.71 bits per heavy atom. The largest absolute Gasteiger partial charge is 0.334 e. The number of nitrogens with zero attached hydrogens (tertiary/aromatic N) is 2. The van der Waals surface area contributed by atoms with Crippen molar-refractivity contribution < 1.29 is 14.0 Å². The van der Waals surface area contributed by atoms with Gasteiger partial charge in [0.05, 0.1) is 16.1 Å². The molecule has 1 aliphatic heterocycles. The summed E-state index contributed by atoms with van der Waals surface area (Å²) in [6.07, 6.45) is 0.754. The number of pyridine rings is 1. The van der Waals surface area contributed by atoms with Crippen molar-refractivity contribution in [3.8, 4) is 0 Å². The fraction of sp³-hybridized carbons (Fsp3) is 0.148. The van der Waals surface area contributed by atoms with Crippen LogP contribution < -0.4 is 10.9 Å². The minimum absolute atomic E-state index is 0.117. The van der Waals surface area contributed by atoms with Crippen LogP contribution in [0.4, 0.5) is 10.1 Å². The van der Waals surface area contributed by atoms with E-state index < -0.39 is 17.3 Å². The summed E-state index contributed by atoms with van der Waals surface area (Å²) in [6, 6.07) is 20.2. The van der Waals surface area contributed by atoms with Gasteiger partial charge >= 0.3 is 0 Å². The van der Waals surface area contributed by atoms with E-state index in [2.05, 4.69) is 11.4 Å². The summed E-state index contributed by atoms with van der Waals surface area (Å²) >= 11 is 5.78. The first-order valence-electron chi connectivity index (χ1n) is 11.1. The molecule has 0 saturated carbocycles. The van der Waals surface area contributed by atoms with Crippen LogP contribution in [0.25, 0.3) is 10.9 Å². The van der Waals surface area contributed by atoms with Crippen LogP contribution in [0.3, 0.4) is 0 Å². The Kier molecular flexibility index (Phi) is 6.09. The van der Waals surface area contributed by atoms with Crippen LogP contribution >= 0.6 is 11.6 Å². The minimum Gasteiger partial charge on any atom is -0.334 e. The molecule has 0 saturated heterocycles. The van der Waals surface area contributed by atoms with Crippen molar-refractivity contribution in [3.05, 3.63) is 111 Å². The van der Waals surface area contributed by atoms with Crippen molar-refractivity contribution in [2.24, 2.45) is 0 Å². The van der Waals surface area contributed by atoms with Gasteiger partial charge in [-0.05, 0) is 41.8 Å². The van der Waals surface area contributed by atoms with Crippen LogP contribution in [-0.4, -0.2) is 27.8 Å². The third kappa shape index (κ3) is 4.55. The molecule has 8 heteroatoms. The molecule has 0 fully saturated rings. The Morgan fingerprint density at radius 3 is 2.51 bits per heavy atom. The predicted molar refractivity (Wildman–Crippen MR) is 133 cm³/mol. The standard InChI is InChI=1S/C27H21ClFN3O3/c28-22-13-19(9-10-23(22)29)30-25(33)16-32-24-8-4-3-7-20(24)21(14-26(32)34)27(35)31-12-11-17-5-1-2-6-18(17)15-31/h1-10,13-14H,11-12,15-16H2,(H,30,33). The Labute approximate surface area is 205 Å². The zero-order valence-corrected chi connectivity index (χ0v) is 19.4. The summed E-state index contributed by atoms with van der Waals surface area (Å²) in [4.78, 5) is 41.0. The van der Waals surface area contributed by atoms with Gasteiger partial charge in [-0.2, -0.15) is 0 Å². The zero-order valence-electron chi connectivity index (χ0n) is 18.6. The van der Waals surface area contributed by atoms with E-state index in [4.69, 9.17) is 11.6 Å². The van der Waals surface area contributed by atoms with Crippen molar-refractivity contribution in [1.82, 2.24) is 9.47 Å². The van der Waals surface area contributed by atoms with Crippen molar-refractivity contribution >= 4 is 40.0 Å². The average molecular weight is 490 g/mol. The number of fused-ring (bicyclic) bond motifs is 2. The Morgan fingerprint density at radius 1 is 0.971 bits per heavy atom. The highest BCUT2D eigenvalue weighted by atomic mass is 35.5. The Bertz CT molecular complexity index is 1530. The molecular weight excluding hydrogens is 469 g/mol. The lowest BCUT2D eigenvalue weighted by atomic mass is 9.98. The van der Waals surface area contributed by atoms with Crippen LogP contribution in [0.5, 0.6) is 0 Å². The SMILES string of the molecule is O=C(Cn1c(=O)cc(C(=O)N2CCc3ccccc3C2)c2ccccc21)Nc1ccc(F)c(Cl)c1. The molecule has 2 heterocycles. The maximum Gasteiger partial charge on any atom is 0.255 e. The summed E-state index contributed by atoms with van der Waals surface area (Å²) in [6.45, 7) is 0.769. The number of aromatic nitrogens is 1. The molecule has 35 heavy (non-hydrogen) atoms. The van der Waals surface area contributed by atoms with Crippen molar-refractivity contribution in [3.63, 3.8) is 0 Å². The number of nitrogens with one attached hydrogen (secondary N) is 1. The fourth-order valence-electron chi connectivity index (χ4n) is 4.43. The minimum atomic E-state index is -0.593. The van der Waals surface area contributed by atoms with E-state index in [-0.39, 0.29) is 17.5 Å². The van der Waals surface area contributed by atoms with Gasteiger partial charge in [-0.3, -0.25) is 19.0 Å². The molecule has 1 N–H and O–H groups in total. The van der Waals surface area contributed by atoms with Gasteiger partial charge in [0.2, 0.25) is 5.91 Å². The van der Waals surface area contributed by atoms with E-state index in [9.17, 15) is 18.8 Å². The number of benzene rings is 3. The monoisotopic (exact) mass is 489 g/mol. The normalized spacial score (nSPS) is 12.9. The number of para-hydroxylation sites is 1. The second-order valence-electron chi connectivity index (χ2n) is 8.42. The number of hydrogen-bond donors (Lipinski definition) is 1. The maximum absolute atomic E-state index is 13.5. The van der Waals surface area contributed by atoms with Crippen molar-refractivity contribution in [2.45, 2.75) is 19.5 Å². The Balaban J connectivity index is 1.44. The molecule has 0 aliphatic carbocycles. The highest BCUT2D eigenvalue weighted by Gasteiger charge is 2.24. The molecule has 0 spiro atoms. The molecular formula is C27H21ClFN3O3. The molecule has 0 atom stereocenters. The molecule has 1 aliphatic rings. The summed E-state index contributed by atoms with van der Waals surface area (Å²) in [5.74, 6) is -1.29. The topological polar surface area (TPSA) is 71.4 Å². The lowest BCUT2D eigenvalue weighted by molar-refractivity contribution is -0.116. The molecule has 3 aromatic carbocycles. The third-order valence-electron chi connectivity index (χ3n) is 6.17. The summed E-state index contributed by atoms with van der Waals surface area (Å²) in [5, 5.41) is 3.10. The maximum atomic E-state index is 13.5. The van der Waals surface area contributed by atoms with Crippen molar-refractivity contribution in [2.75, 3.05) is 11.9 Å². The molecule has 4 aromatic rings.